The predicted octanol–water partition coefficient (Wildman–Crippen LogP) is 3.21. The van der Waals surface area contributed by atoms with Gasteiger partial charge in [-0.1, -0.05) is 26.0 Å². The van der Waals surface area contributed by atoms with Gasteiger partial charge in [-0.3, -0.25) is 4.79 Å². The van der Waals surface area contributed by atoms with Gasteiger partial charge in [0.05, 0.1) is 18.2 Å². The number of nitrogens with zero attached hydrogens (tertiary/aromatic N) is 1. The number of aromatic amines is 1. The minimum atomic E-state index is -0.254. The Morgan fingerprint density at radius 1 is 1.35 bits per heavy atom. The maximum Gasteiger partial charge on any atom is 0.268 e. The van der Waals surface area contributed by atoms with Crippen molar-refractivity contribution in [3.05, 3.63) is 46.2 Å². The lowest BCUT2D eigenvalue weighted by molar-refractivity contribution is 0.271. The molecule has 0 amide bonds. The van der Waals surface area contributed by atoms with Crippen molar-refractivity contribution < 1.29 is 4.74 Å². The Bertz CT molecular complexity index is 638. The van der Waals surface area contributed by atoms with E-state index in [1.807, 2.05) is 24.3 Å². The molecule has 0 fully saturated rings. The summed E-state index contributed by atoms with van der Waals surface area (Å²) >= 11 is 5.73. The number of ether oxygens (including phenoxy) is 1. The van der Waals surface area contributed by atoms with Crippen molar-refractivity contribution in [3.63, 3.8) is 0 Å². The first-order chi connectivity index (χ1) is 9.60. The Labute approximate surface area is 122 Å². The second-order valence-electron chi connectivity index (χ2n) is 4.97. The van der Waals surface area contributed by atoms with Crippen molar-refractivity contribution in [2.24, 2.45) is 5.92 Å². The van der Waals surface area contributed by atoms with Gasteiger partial charge >= 0.3 is 0 Å². The fourth-order valence-electron chi connectivity index (χ4n) is 1.70. The second kappa shape index (κ2) is 6.57. The van der Waals surface area contributed by atoms with E-state index in [1.54, 1.807) is 6.07 Å². The molecule has 1 N–H and O–H groups in total. The summed E-state index contributed by atoms with van der Waals surface area (Å²) in [5, 5.41) is 6.50. The molecule has 1 aromatic heterocycles. The fraction of sp³-hybridized carbons (Fsp3) is 0.333. The lowest BCUT2D eigenvalue weighted by Gasteiger charge is -2.10. The first-order valence-electron chi connectivity index (χ1n) is 6.48. The van der Waals surface area contributed by atoms with Crippen molar-refractivity contribution >= 4 is 11.6 Å². The largest absolute Gasteiger partial charge is 0.493 e. The van der Waals surface area contributed by atoms with E-state index in [0.717, 1.165) is 11.3 Å². The first kappa shape index (κ1) is 14.6. The molecule has 0 saturated carbocycles. The maximum atomic E-state index is 11.5. The number of aromatic nitrogens is 2. The van der Waals surface area contributed by atoms with Crippen molar-refractivity contribution in [1.29, 1.82) is 0 Å². The molecule has 0 aliphatic carbocycles. The topological polar surface area (TPSA) is 55.0 Å². The molecule has 4 nitrogen and oxygen atoms in total. The number of halogens is 1. The van der Waals surface area contributed by atoms with E-state index in [0.29, 0.717) is 23.8 Å². The van der Waals surface area contributed by atoms with Crippen molar-refractivity contribution in [3.8, 4) is 17.0 Å². The molecule has 1 heterocycles. The van der Waals surface area contributed by atoms with Crippen molar-refractivity contribution in [2.75, 3.05) is 6.61 Å². The Hall–Kier alpha value is -1.81. The summed E-state index contributed by atoms with van der Waals surface area (Å²) in [4.78, 5) is 11.5. The summed E-state index contributed by atoms with van der Waals surface area (Å²) in [6.45, 7) is 4.86. The van der Waals surface area contributed by atoms with Crippen LogP contribution in [0.2, 0.25) is 0 Å². The van der Waals surface area contributed by atoms with Crippen LogP contribution in [0.25, 0.3) is 11.3 Å². The Morgan fingerprint density at radius 2 is 2.15 bits per heavy atom. The molecule has 0 aliphatic heterocycles. The van der Waals surface area contributed by atoms with E-state index in [2.05, 4.69) is 24.0 Å². The Morgan fingerprint density at radius 3 is 2.85 bits per heavy atom. The minimum absolute atomic E-state index is 0.161. The third kappa shape index (κ3) is 3.61. The number of rotatable bonds is 5. The minimum Gasteiger partial charge on any atom is -0.493 e. The highest BCUT2D eigenvalue weighted by atomic mass is 35.5. The molecule has 0 spiro atoms. The molecule has 2 aromatic rings. The molecular weight excluding hydrogens is 276 g/mol. The molecule has 20 heavy (non-hydrogen) atoms. The van der Waals surface area contributed by atoms with Crippen LogP contribution in [0.3, 0.4) is 0 Å². The Balaban J connectivity index is 2.28. The second-order valence-corrected chi connectivity index (χ2v) is 5.24. The summed E-state index contributed by atoms with van der Waals surface area (Å²) in [5.41, 5.74) is 1.81. The van der Waals surface area contributed by atoms with Crippen LogP contribution in [0.4, 0.5) is 0 Å². The van der Waals surface area contributed by atoms with E-state index >= 15 is 0 Å². The highest BCUT2D eigenvalue weighted by Gasteiger charge is 2.06. The molecule has 0 radical (unpaired) electrons. The molecule has 0 atom stereocenters. The van der Waals surface area contributed by atoms with Gasteiger partial charge in [0.2, 0.25) is 0 Å². The number of nitrogens with one attached hydrogen (secondary N) is 1. The number of H-pyrrole nitrogens is 1. The number of hydrogen-bond donors (Lipinski definition) is 1. The third-order valence-electron chi connectivity index (χ3n) is 2.74. The van der Waals surface area contributed by atoms with E-state index in [4.69, 9.17) is 16.3 Å². The molecular formula is C15H17ClN2O2. The molecule has 0 saturated heterocycles. The van der Waals surface area contributed by atoms with Crippen LogP contribution in [0, 0.1) is 5.92 Å². The number of benzene rings is 1. The highest BCUT2D eigenvalue weighted by molar-refractivity contribution is 6.17. The zero-order chi connectivity index (χ0) is 14.5. The summed E-state index contributed by atoms with van der Waals surface area (Å²) in [6.07, 6.45) is 0. The van der Waals surface area contributed by atoms with Crippen molar-refractivity contribution in [2.45, 2.75) is 19.7 Å². The van der Waals surface area contributed by atoms with Gasteiger partial charge in [0.15, 0.2) is 0 Å². The number of alkyl halides is 1. The zero-order valence-electron chi connectivity index (χ0n) is 11.5. The van der Waals surface area contributed by atoms with Gasteiger partial charge in [-0.15, -0.1) is 11.6 Å². The average molecular weight is 293 g/mol. The standard InChI is InChI=1S/C15H17ClN2O2/c1-10(2)9-20-13-5-3-4-11(6-13)14-7-12(8-16)15(19)18-17-14/h3-7,10H,8-9H2,1-2H3,(H,18,19). The Kier molecular flexibility index (Phi) is 4.79. The van der Waals surface area contributed by atoms with Crippen LogP contribution in [-0.4, -0.2) is 16.8 Å². The van der Waals surface area contributed by atoms with Crippen molar-refractivity contribution in [1.82, 2.24) is 10.2 Å². The quantitative estimate of drug-likeness (QED) is 0.861. The van der Waals surface area contributed by atoms with Crippen LogP contribution < -0.4 is 10.3 Å². The van der Waals surface area contributed by atoms with Crippen LogP contribution in [0.15, 0.2) is 35.1 Å². The van der Waals surface area contributed by atoms with Crippen LogP contribution in [0.1, 0.15) is 19.4 Å². The van der Waals surface area contributed by atoms with Gasteiger partial charge in [0.25, 0.3) is 5.56 Å². The van der Waals surface area contributed by atoms with Crippen LogP contribution in [0.5, 0.6) is 5.75 Å². The summed E-state index contributed by atoms with van der Waals surface area (Å²) < 4.78 is 5.68. The molecule has 5 heteroatoms. The van der Waals surface area contributed by atoms with Gasteiger partial charge in [0.1, 0.15) is 5.75 Å². The van der Waals surface area contributed by atoms with E-state index in [9.17, 15) is 4.79 Å². The molecule has 0 bridgehead atoms. The fourth-order valence-corrected chi connectivity index (χ4v) is 1.90. The first-order valence-corrected chi connectivity index (χ1v) is 7.01. The maximum absolute atomic E-state index is 11.5. The lowest BCUT2D eigenvalue weighted by atomic mass is 10.1. The average Bonchev–Trinajstić information content (AvgIpc) is 2.46. The summed E-state index contributed by atoms with van der Waals surface area (Å²) in [5.74, 6) is 1.42. The summed E-state index contributed by atoms with van der Waals surface area (Å²) in [7, 11) is 0. The predicted molar refractivity (Wildman–Crippen MR) is 80.2 cm³/mol. The van der Waals surface area contributed by atoms with E-state index in [-0.39, 0.29) is 11.4 Å². The van der Waals surface area contributed by atoms with Gasteiger partial charge in [0, 0.05) is 11.1 Å². The highest BCUT2D eigenvalue weighted by Crippen LogP contribution is 2.22. The SMILES string of the molecule is CC(C)COc1cccc(-c2cc(CCl)c(=O)[nH]n2)c1. The monoisotopic (exact) mass is 292 g/mol. The lowest BCUT2D eigenvalue weighted by Crippen LogP contribution is -2.13. The van der Waals surface area contributed by atoms with Crippen LogP contribution in [-0.2, 0) is 5.88 Å². The van der Waals surface area contributed by atoms with Gasteiger partial charge in [-0.25, -0.2) is 5.10 Å². The molecule has 106 valence electrons. The molecule has 1 aromatic carbocycles. The number of hydrogen-bond acceptors (Lipinski definition) is 3. The zero-order valence-corrected chi connectivity index (χ0v) is 12.3. The molecule has 2 rings (SSSR count). The van der Waals surface area contributed by atoms with Gasteiger partial charge < -0.3 is 4.74 Å². The third-order valence-corrected chi connectivity index (χ3v) is 3.03. The van der Waals surface area contributed by atoms with E-state index in [1.165, 1.54) is 0 Å². The molecule has 0 aliphatic rings. The van der Waals surface area contributed by atoms with Crippen LogP contribution >= 0.6 is 11.6 Å². The van der Waals surface area contributed by atoms with E-state index < -0.39 is 0 Å². The normalized spacial score (nSPS) is 10.8. The summed E-state index contributed by atoms with van der Waals surface area (Å²) in [6, 6.07) is 9.33. The van der Waals surface area contributed by atoms with Gasteiger partial charge in [-0.05, 0) is 24.1 Å². The smallest absolute Gasteiger partial charge is 0.268 e. The van der Waals surface area contributed by atoms with Gasteiger partial charge in [-0.2, -0.15) is 5.10 Å². The molecule has 0 unspecified atom stereocenters.